The summed E-state index contributed by atoms with van der Waals surface area (Å²) in [6.07, 6.45) is 1.93. The largest absolute Gasteiger partial charge is 0.332 e. The van der Waals surface area contributed by atoms with Crippen LogP contribution in [0.2, 0.25) is 10.0 Å². The number of para-hydroxylation sites is 1. The zero-order chi connectivity index (χ0) is 17.7. The normalized spacial score (nSPS) is 10.3. The molecule has 0 atom stereocenters. The summed E-state index contributed by atoms with van der Waals surface area (Å²) < 4.78 is 0. The van der Waals surface area contributed by atoms with Crippen LogP contribution in [-0.2, 0) is 4.79 Å². The molecule has 0 bridgehead atoms. The molecule has 0 aromatic heterocycles. The SMILES string of the molecule is CSc1ccccc1NC(=O)CN(C)C(=O)c1cc(Cl)ccc1Cl. The van der Waals surface area contributed by atoms with Gasteiger partial charge in [-0.2, -0.15) is 0 Å². The van der Waals surface area contributed by atoms with E-state index in [2.05, 4.69) is 5.32 Å². The Labute approximate surface area is 155 Å². The van der Waals surface area contributed by atoms with E-state index in [1.165, 1.54) is 22.7 Å². The second kappa shape index (κ2) is 8.42. The number of carbonyl (C=O) groups excluding carboxylic acids is 2. The molecule has 24 heavy (non-hydrogen) atoms. The number of nitrogens with one attached hydrogen (secondary N) is 1. The van der Waals surface area contributed by atoms with Gasteiger partial charge in [-0.05, 0) is 36.6 Å². The Balaban J connectivity index is 2.06. The Bertz CT molecular complexity index is 768. The van der Waals surface area contributed by atoms with Crippen LogP contribution in [-0.4, -0.2) is 36.6 Å². The van der Waals surface area contributed by atoms with Gasteiger partial charge in [-0.1, -0.05) is 35.3 Å². The third-order valence-electron chi connectivity index (χ3n) is 3.27. The molecule has 0 saturated heterocycles. The number of nitrogens with zero attached hydrogens (tertiary/aromatic N) is 1. The summed E-state index contributed by atoms with van der Waals surface area (Å²) in [4.78, 5) is 26.9. The third kappa shape index (κ3) is 4.66. The molecule has 2 aromatic rings. The van der Waals surface area contributed by atoms with E-state index in [4.69, 9.17) is 23.2 Å². The molecule has 0 fully saturated rings. The van der Waals surface area contributed by atoms with Crippen molar-refractivity contribution in [1.29, 1.82) is 0 Å². The number of thioether (sulfide) groups is 1. The minimum atomic E-state index is -0.365. The maximum atomic E-state index is 12.4. The molecule has 0 unspecified atom stereocenters. The van der Waals surface area contributed by atoms with Gasteiger partial charge in [0.2, 0.25) is 5.91 Å². The summed E-state index contributed by atoms with van der Waals surface area (Å²) in [5.41, 5.74) is 0.987. The number of rotatable bonds is 5. The van der Waals surface area contributed by atoms with Crippen LogP contribution in [0.15, 0.2) is 47.4 Å². The molecule has 0 heterocycles. The second-order valence-corrected chi connectivity index (χ2v) is 6.73. The first-order valence-corrected chi connectivity index (χ1v) is 9.04. The molecular formula is C17H16Cl2N2O2S. The van der Waals surface area contributed by atoms with Gasteiger partial charge >= 0.3 is 0 Å². The van der Waals surface area contributed by atoms with Gasteiger partial charge < -0.3 is 10.2 Å². The first kappa shape index (κ1) is 18.6. The van der Waals surface area contributed by atoms with E-state index in [9.17, 15) is 9.59 Å². The predicted molar refractivity (Wildman–Crippen MR) is 100 cm³/mol. The van der Waals surface area contributed by atoms with Crippen molar-refractivity contribution in [3.05, 3.63) is 58.1 Å². The van der Waals surface area contributed by atoms with E-state index in [1.807, 2.05) is 30.5 Å². The van der Waals surface area contributed by atoms with Crippen LogP contribution >= 0.6 is 35.0 Å². The quantitative estimate of drug-likeness (QED) is 0.778. The van der Waals surface area contributed by atoms with Crippen LogP contribution in [0.4, 0.5) is 5.69 Å². The fourth-order valence-electron chi connectivity index (χ4n) is 2.09. The Hall–Kier alpha value is -1.69. The van der Waals surface area contributed by atoms with Gasteiger partial charge in [-0.3, -0.25) is 9.59 Å². The molecule has 7 heteroatoms. The highest BCUT2D eigenvalue weighted by Crippen LogP contribution is 2.25. The maximum absolute atomic E-state index is 12.4. The Morgan fingerprint density at radius 2 is 1.88 bits per heavy atom. The Morgan fingerprint density at radius 3 is 2.58 bits per heavy atom. The zero-order valence-electron chi connectivity index (χ0n) is 13.2. The van der Waals surface area contributed by atoms with Crippen LogP contribution < -0.4 is 5.32 Å². The smallest absolute Gasteiger partial charge is 0.255 e. The zero-order valence-corrected chi connectivity index (χ0v) is 15.5. The molecule has 1 N–H and O–H groups in total. The van der Waals surface area contributed by atoms with Gasteiger partial charge in [0.15, 0.2) is 0 Å². The van der Waals surface area contributed by atoms with Gasteiger partial charge in [0.25, 0.3) is 5.91 Å². The minimum Gasteiger partial charge on any atom is -0.332 e. The van der Waals surface area contributed by atoms with Crippen molar-refractivity contribution in [2.24, 2.45) is 0 Å². The molecule has 2 rings (SSSR count). The average molecular weight is 383 g/mol. The number of benzene rings is 2. The lowest BCUT2D eigenvalue weighted by Gasteiger charge is -2.18. The summed E-state index contributed by atoms with van der Waals surface area (Å²) in [7, 11) is 1.54. The molecule has 2 aromatic carbocycles. The highest BCUT2D eigenvalue weighted by atomic mass is 35.5. The first-order valence-electron chi connectivity index (χ1n) is 7.05. The lowest BCUT2D eigenvalue weighted by molar-refractivity contribution is -0.116. The maximum Gasteiger partial charge on any atom is 0.255 e. The standard InChI is InChI=1S/C17H16Cl2N2O2S/c1-21(17(23)12-9-11(18)7-8-13(12)19)10-16(22)20-14-5-3-4-6-15(14)24-2/h3-9H,10H2,1-2H3,(H,20,22). The molecule has 0 aliphatic heterocycles. The Kier molecular flexibility index (Phi) is 6.54. The number of carbonyl (C=O) groups is 2. The lowest BCUT2D eigenvalue weighted by atomic mass is 10.2. The van der Waals surface area contributed by atoms with Crippen molar-refractivity contribution in [3.8, 4) is 0 Å². The molecule has 0 spiro atoms. The Morgan fingerprint density at radius 1 is 1.17 bits per heavy atom. The second-order valence-electron chi connectivity index (χ2n) is 5.03. The van der Waals surface area contributed by atoms with Crippen molar-refractivity contribution < 1.29 is 9.59 Å². The van der Waals surface area contributed by atoms with E-state index in [0.29, 0.717) is 10.0 Å². The summed E-state index contributed by atoms with van der Waals surface area (Å²) in [6, 6.07) is 12.1. The molecule has 4 nitrogen and oxygen atoms in total. The predicted octanol–water partition coefficient (Wildman–Crippen LogP) is 4.43. The topological polar surface area (TPSA) is 49.4 Å². The fraction of sp³-hybridized carbons (Fsp3) is 0.176. The molecule has 2 amide bonds. The number of hydrogen-bond acceptors (Lipinski definition) is 3. The van der Waals surface area contributed by atoms with E-state index >= 15 is 0 Å². The van der Waals surface area contributed by atoms with E-state index in [-0.39, 0.29) is 23.9 Å². The van der Waals surface area contributed by atoms with Crippen molar-refractivity contribution in [2.75, 3.05) is 25.2 Å². The number of halogens is 2. The number of hydrogen-bond donors (Lipinski definition) is 1. The minimum absolute atomic E-state index is 0.0929. The summed E-state index contributed by atoms with van der Waals surface area (Å²) in [5.74, 6) is -0.652. The molecule has 126 valence electrons. The monoisotopic (exact) mass is 382 g/mol. The molecule has 0 aliphatic carbocycles. The number of anilines is 1. The fourth-order valence-corrected chi connectivity index (χ4v) is 3.02. The van der Waals surface area contributed by atoms with Crippen molar-refractivity contribution >= 4 is 52.5 Å². The first-order chi connectivity index (χ1) is 11.4. The van der Waals surface area contributed by atoms with E-state index < -0.39 is 0 Å². The van der Waals surface area contributed by atoms with Crippen LogP contribution in [0, 0.1) is 0 Å². The highest BCUT2D eigenvalue weighted by Gasteiger charge is 2.18. The van der Waals surface area contributed by atoms with Gasteiger partial charge in [0, 0.05) is 17.0 Å². The molecule has 0 saturated carbocycles. The number of likely N-dealkylation sites (N-methyl/N-ethyl adjacent to an activating group) is 1. The summed E-state index contributed by atoms with van der Waals surface area (Å²) in [6.45, 7) is -0.0929. The van der Waals surface area contributed by atoms with Crippen molar-refractivity contribution in [2.45, 2.75) is 4.90 Å². The van der Waals surface area contributed by atoms with Crippen molar-refractivity contribution in [3.63, 3.8) is 0 Å². The van der Waals surface area contributed by atoms with E-state index in [1.54, 1.807) is 19.2 Å². The van der Waals surface area contributed by atoms with Gasteiger partial charge in [0.05, 0.1) is 22.8 Å². The van der Waals surface area contributed by atoms with Gasteiger partial charge in [-0.15, -0.1) is 11.8 Å². The van der Waals surface area contributed by atoms with Crippen LogP contribution in [0.3, 0.4) is 0 Å². The number of amides is 2. The molecular weight excluding hydrogens is 367 g/mol. The van der Waals surface area contributed by atoms with Crippen LogP contribution in [0.5, 0.6) is 0 Å². The molecule has 0 radical (unpaired) electrons. The average Bonchev–Trinajstić information content (AvgIpc) is 2.56. The molecule has 0 aliphatic rings. The van der Waals surface area contributed by atoms with Gasteiger partial charge in [-0.25, -0.2) is 0 Å². The van der Waals surface area contributed by atoms with Crippen LogP contribution in [0.1, 0.15) is 10.4 Å². The van der Waals surface area contributed by atoms with Crippen LogP contribution in [0.25, 0.3) is 0 Å². The summed E-state index contributed by atoms with van der Waals surface area (Å²) >= 11 is 13.5. The van der Waals surface area contributed by atoms with E-state index in [0.717, 1.165) is 10.6 Å². The van der Waals surface area contributed by atoms with Crippen molar-refractivity contribution in [1.82, 2.24) is 4.90 Å². The summed E-state index contributed by atoms with van der Waals surface area (Å²) in [5, 5.41) is 3.52. The van der Waals surface area contributed by atoms with Gasteiger partial charge in [0.1, 0.15) is 0 Å². The lowest BCUT2D eigenvalue weighted by Crippen LogP contribution is -2.35. The highest BCUT2D eigenvalue weighted by molar-refractivity contribution is 7.98. The third-order valence-corrected chi connectivity index (χ3v) is 4.63.